The van der Waals surface area contributed by atoms with E-state index in [1.807, 2.05) is 0 Å². The zero-order chi connectivity index (χ0) is 17.8. The number of hydrogen-bond donors (Lipinski definition) is 1. The van der Waals surface area contributed by atoms with Gasteiger partial charge in [-0.2, -0.15) is 0 Å². The van der Waals surface area contributed by atoms with Gasteiger partial charge in [-0.3, -0.25) is 9.69 Å². The van der Waals surface area contributed by atoms with Crippen molar-refractivity contribution in [2.45, 2.75) is 32.9 Å². The Labute approximate surface area is 162 Å². The summed E-state index contributed by atoms with van der Waals surface area (Å²) >= 11 is 13.1. The van der Waals surface area contributed by atoms with E-state index >= 15 is 0 Å². The van der Waals surface area contributed by atoms with E-state index < -0.39 is 0 Å². The van der Waals surface area contributed by atoms with Crippen LogP contribution in [-0.2, 0) is 13.1 Å². The van der Waals surface area contributed by atoms with Gasteiger partial charge in [0.1, 0.15) is 4.34 Å². The fourth-order valence-electron chi connectivity index (χ4n) is 3.22. The van der Waals surface area contributed by atoms with E-state index in [-0.39, 0.29) is 5.91 Å². The fraction of sp³-hybridized carbons (Fsp3) is 0.421. The van der Waals surface area contributed by atoms with Crippen molar-refractivity contribution < 1.29 is 4.79 Å². The van der Waals surface area contributed by atoms with E-state index in [9.17, 15) is 4.79 Å². The standard InChI is InChI=1S/C19H22Cl2N2OS/c1-13-3-2-8-23(11-13)12-15-6-4-14(5-7-15)10-22-19(24)16-9-17(20)25-18(16)21/h4-7,9,13H,2-3,8,10-12H2,1H3,(H,22,24). The minimum atomic E-state index is -0.195. The van der Waals surface area contributed by atoms with E-state index in [1.54, 1.807) is 6.07 Å². The van der Waals surface area contributed by atoms with Crippen LogP contribution in [0.5, 0.6) is 0 Å². The van der Waals surface area contributed by atoms with Gasteiger partial charge in [0.05, 0.1) is 9.90 Å². The normalized spacial score (nSPS) is 18.3. The number of carbonyl (C=O) groups is 1. The Balaban J connectivity index is 1.52. The summed E-state index contributed by atoms with van der Waals surface area (Å²) in [6.45, 7) is 6.17. The highest BCUT2D eigenvalue weighted by molar-refractivity contribution is 7.20. The average Bonchev–Trinajstić information content (AvgIpc) is 2.92. The number of benzene rings is 1. The van der Waals surface area contributed by atoms with Gasteiger partial charge in [-0.05, 0) is 42.5 Å². The molecule has 0 spiro atoms. The number of likely N-dealkylation sites (tertiary alicyclic amines) is 1. The topological polar surface area (TPSA) is 32.3 Å². The number of nitrogens with one attached hydrogen (secondary N) is 1. The number of piperidine rings is 1. The molecule has 0 bridgehead atoms. The third-order valence-electron chi connectivity index (χ3n) is 4.52. The molecule has 1 aliphatic heterocycles. The third kappa shape index (κ3) is 5.20. The molecule has 3 rings (SSSR count). The Bertz CT molecular complexity index is 730. The van der Waals surface area contributed by atoms with Crippen molar-refractivity contribution in [3.63, 3.8) is 0 Å². The number of nitrogens with zero attached hydrogens (tertiary/aromatic N) is 1. The van der Waals surface area contributed by atoms with Gasteiger partial charge in [0, 0.05) is 19.6 Å². The lowest BCUT2D eigenvalue weighted by Crippen LogP contribution is -2.33. The van der Waals surface area contributed by atoms with Crippen molar-refractivity contribution in [2.24, 2.45) is 5.92 Å². The first-order chi connectivity index (χ1) is 12.0. The number of hydrogen-bond acceptors (Lipinski definition) is 3. The van der Waals surface area contributed by atoms with E-state index in [4.69, 9.17) is 23.2 Å². The van der Waals surface area contributed by atoms with E-state index in [1.165, 1.54) is 42.8 Å². The first-order valence-corrected chi connectivity index (χ1v) is 10.1. The van der Waals surface area contributed by atoms with Crippen molar-refractivity contribution in [2.75, 3.05) is 13.1 Å². The average molecular weight is 397 g/mol. The number of halogens is 2. The summed E-state index contributed by atoms with van der Waals surface area (Å²) < 4.78 is 0.945. The summed E-state index contributed by atoms with van der Waals surface area (Å²) in [6.07, 6.45) is 2.63. The Morgan fingerprint density at radius 2 is 2.00 bits per heavy atom. The summed E-state index contributed by atoms with van der Waals surface area (Å²) in [4.78, 5) is 14.7. The number of amides is 1. The van der Waals surface area contributed by atoms with Crippen LogP contribution in [0.1, 0.15) is 41.3 Å². The molecule has 134 valence electrons. The second-order valence-electron chi connectivity index (χ2n) is 6.72. The molecule has 0 radical (unpaired) electrons. The molecular formula is C19H22Cl2N2OS. The highest BCUT2D eigenvalue weighted by Crippen LogP contribution is 2.31. The second-order valence-corrected chi connectivity index (χ2v) is 9.01. The van der Waals surface area contributed by atoms with Crippen LogP contribution in [0.4, 0.5) is 0 Å². The van der Waals surface area contributed by atoms with E-state index in [0.29, 0.717) is 20.8 Å². The molecule has 2 aromatic rings. The first-order valence-electron chi connectivity index (χ1n) is 8.54. The molecule has 1 amide bonds. The van der Waals surface area contributed by atoms with Crippen LogP contribution in [0.2, 0.25) is 8.67 Å². The van der Waals surface area contributed by atoms with Gasteiger partial charge in [-0.15, -0.1) is 11.3 Å². The molecule has 1 fully saturated rings. The molecule has 1 unspecified atom stereocenters. The monoisotopic (exact) mass is 396 g/mol. The molecule has 1 aromatic heterocycles. The molecule has 2 heterocycles. The van der Waals surface area contributed by atoms with Crippen molar-refractivity contribution in [1.82, 2.24) is 10.2 Å². The van der Waals surface area contributed by atoms with Crippen LogP contribution in [0.3, 0.4) is 0 Å². The fourth-order valence-corrected chi connectivity index (χ4v) is 4.68. The predicted octanol–water partition coefficient (Wildman–Crippen LogP) is 5.22. The van der Waals surface area contributed by atoms with Crippen LogP contribution in [-0.4, -0.2) is 23.9 Å². The molecule has 1 aromatic carbocycles. The number of carbonyl (C=O) groups excluding carboxylic acids is 1. The maximum absolute atomic E-state index is 12.2. The number of thiophene rings is 1. The Morgan fingerprint density at radius 3 is 2.64 bits per heavy atom. The van der Waals surface area contributed by atoms with Gasteiger partial charge in [-0.25, -0.2) is 0 Å². The van der Waals surface area contributed by atoms with Crippen LogP contribution < -0.4 is 5.32 Å². The largest absolute Gasteiger partial charge is 0.348 e. The maximum atomic E-state index is 12.2. The lowest BCUT2D eigenvalue weighted by molar-refractivity contribution is 0.0951. The lowest BCUT2D eigenvalue weighted by Gasteiger charge is -2.30. The molecule has 0 aliphatic carbocycles. The minimum absolute atomic E-state index is 0.195. The number of rotatable bonds is 5. The molecule has 3 nitrogen and oxygen atoms in total. The van der Waals surface area contributed by atoms with Gasteiger partial charge in [0.2, 0.25) is 0 Å². The van der Waals surface area contributed by atoms with Crippen molar-refractivity contribution >= 4 is 40.4 Å². The zero-order valence-electron chi connectivity index (χ0n) is 14.2. The third-order valence-corrected chi connectivity index (χ3v) is 6.01. The van der Waals surface area contributed by atoms with Gasteiger partial charge >= 0.3 is 0 Å². The lowest BCUT2D eigenvalue weighted by atomic mass is 9.99. The Hall–Kier alpha value is -1.07. The maximum Gasteiger partial charge on any atom is 0.253 e. The van der Waals surface area contributed by atoms with Crippen molar-refractivity contribution in [1.29, 1.82) is 0 Å². The summed E-state index contributed by atoms with van der Waals surface area (Å²) in [5.74, 6) is 0.597. The van der Waals surface area contributed by atoms with Crippen molar-refractivity contribution in [3.8, 4) is 0 Å². The minimum Gasteiger partial charge on any atom is -0.348 e. The first kappa shape index (κ1) is 18.7. The summed E-state index contributed by atoms with van der Waals surface area (Å²) in [5.41, 5.74) is 2.82. The van der Waals surface area contributed by atoms with E-state index in [0.717, 1.165) is 18.0 Å². The summed E-state index contributed by atoms with van der Waals surface area (Å²) in [7, 11) is 0. The van der Waals surface area contributed by atoms with Gasteiger partial charge in [-0.1, -0.05) is 54.4 Å². The highest BCUT2D eigenvalue weighted by atomic mass is 35.5. The predicted molar refractivity (Wildman–Crippen MR) is 106 cm³/mol. The van der Waals surface area contributed by atoms with Gasteiger partial charge in [0.25, 0.3) is 5.91 Å². The van der Waals surface area contributed by atoms with Crippen LogP contribution >= 0.6 is 34.5 Å². The molecule has 1 N–H and O–H groups in total. The smallest absolute Gasteiger partial charge is 0.253 e. The van der Waals surface area contributed by atoms with Crippen molar-refractivity contribution in [3.05, 3.63) is 55.7 Å². The Kier molecular flexibility index (Phi) is 6.39. The SMILES string of the molecule is CC1CCCN(Cc2ccc(CNC(=O)c3cc(Cl)sc3Cl)cc2)C1. The second kappa shape index (κ2) is 8.54. The van der Waals surface area contributed by atoms with Crippen LogP contribution in [0.25, 0.3) is 0 Å². The molecule has 1 aliphatic rings. The quantitative estimate of drug-likeness (QED) is 0.751. The summed E-state index contributed by atoms with van der Waals surface area (Å²) in [5, 5.41) is 2.89. The summed E-state index contributed by atoms with van der Waals surface area (Å²) in [6, 6.07) is 10.0. The molecular weight excluding hydrogens is 375 g/mol. The molecule has 6 heteroatoms. The zero-order valence-corrected chi connectivity index (χ0v) is 16.6. The van der Waals surface area contributed by atoms with E-state index in [2.05, 4.69) is 41.4 Å². The molecule has 0 saturated carbocycles. The molecule has 1 saturated heterocycles. The molecule has 1 atom stereocenters. The highest BCUT2D eigenvalue weighted by Gasteiger charge is 2.16. The molecule has 25 heavy (non-hydrogen) atoms. The Morgan fingerprint density at radius 1 is 1.28 bits per heavy atom. The van der Waals surface area contributed by atoms with Gasteiger partial charge < -0.3 is 5.32 Å². The van der Waals surface area contributed by atoms with Crippen LogP contribution in [0.15, 0.2) is 30.3 Å². The van der Waals surface area contributed by atoms with Crippen LogP contribution in [0, 0.1) is 5.92 Å². The van der Waals surface area contributed by atoms with Gasteiger partial charge in [0.15, 0.2) is 0 Å².